The number of nitrogens with zero attached hydrogens (tertiary/aromatic N) is 1. The number of esters is 1. The van der Waals surface area contributed by atoms with Crippen LogP contribution in [0.5, 0.6) is 11.5 Å². The number of cyclic esters (lactones) is 1. The lowest BCUT2D eigenvalue weighted by Crippen LogP contribution is -2.06. The number of carbonyl (C=O) groups is 1. The van der Waals surface area contributed by atoms with Gasteiger partial charge in [0.25, 0.3) is 0 Å². The number of carbonyl (C=O) groups excluding carboxylic acids is 1. The van der Waals surface area contributed by atoms with Gasteiger partial charge in [-0.15, -0.1) is 0 Å². The highest BCUT2D eigenvalue weighted by Gasteiger charge is 2.26. The van der Waals surface area contributed by atoms with E-state index in [-0.39, 0.29) is 18.2 Å². The van der Waals surface area contributed by atoms with Crippen LogP contribution in [0.2, 0.25) is 15.1 Å². The Hall–Kier alpha value is -2.26. The highest BCUT2D eigenvalue weighted by Crippen LogP contribution is 2.38. The highest BCUT2D eigenvalue weighted by atomic mass is 127. The lowest BCUT2D eigenvalue weighted by Gasteiger charge is -2.14. The van der Waals surface area contributed by atoms with Crippen molar-refractivity contribution in [2.24, 2.45) is 4.99 Å². The van der Waals surface area contributed by atoms with E-state index in [2.05, 4.69) is 27.6 Å². The monoisotopic (exact) mass is 627 g/mol. The Morgan fingerprint density at radius 1 is 1.03 bits per heavy atom. The maximum absolute atomic E-state index is 12.5. The first-order chi connectivity index (χ1) is 16.3. The molecule has 0 fully saturated rings. The van der Waals surface area contributed by atoms with E-state index >= 15 is 0 Å². The zero-order chi connectivity index (χ0) is 24.2. The summed E-state index contributed by atoms with van der Waals surface area (Å²) in [7, 11) is 0. The van der Waals surface area contributed by atoms with Crippen molar-refractivity contribution in [3.63, 3.8) is 0 Å². The molecule has 3 aromatic carbocycles. The summed E-state index contributed by atoms with van der Waals surface area (Å²) in [4.78, 5) is 16.8. The predicted octanol–water partition coefficient (Wildman–Crippen LogP) is 7.57. The van der Waals surface area contributed by atoms with Crippen molar-refractivity contribution in [1.82, 2.24) is 0 Å². The average Bonchev–Trinajstić information content (AvgIpc) is 3.15. The number of hydrogen-bond donors (Lipinski definition) is 0. The number of hydrogen-bond acceptors (Lipinski definition) is 5. The van der Waals surface area contributed by atoms with E-state index in [0.29, 0.717) is 44.3 Å². The highest BCUT2D eigenvalue weighted by molar-refractivity contribution is 14.1. The van der Waals surface area contributed by atoms with Gasteiger partial charge in [-0.25, -0.2) is 9.79 Å². The molecule has 5 nitrogen and oxygen atoms in total. The van der Waals surface area contributed by atoms with Gasteiger partial charge in [-0.1, -0.05) is 46.9 Å². The van der Waals surface area contributed by atoms with Crippen LogP contribution in [0.4, 0.5) is 0 Å². The molecule has 174 valence electrons. The zero-order valence-electron chi connectivity index (χ0n) is 17.8. The van der Waals surface area contributed by atoms with Gasteiger partial charge < -0.3 is 14.2 Å². The first-order valence-corrected chi connectivity index (χ1v) is 12.4. The number of benzene rings is 3. The third-order valence-electron chi connectivity index (χ3n) is 4.69. The SMILES string of the molecule is CCOc1cc(/C=C2\N=C(c3cc(I)ccc3Cl)OC2=O)cc(Cl)c1OCc1cccc(Cl)c1. The van der Waals surface area contributed by atoms with Crippen LogP contribution in [0.15, 0.2) is 65.3 Å². The first kappa shape index (κ1) is 24.9. The van der Waals surface area contributed by atoms with Crippen molar-refractivity contribution in [3.8, 4) is 11.5 Å². The van der Waals surface area contributed by atoms with Crippen LogP contribution in [0, 0.1) is 3.57 Å². The lowest BCUT2D eigenvalue weighted by molar-refractivity contribution is -0.129. The van der Waals surface area contributed by atoms with Gasteiger partial charge in [-0.2, -0.15) is 0 Å². The topological polar surface area (TPSA) is 57.1 Å². The van der Waals surface area contributed by atoms with Gasteiger partial charge in [0.2, 0.25) is 5.90 Å². The minimum absolute atomic E-state index is 0.121. The van der Waals surface area contributed by atoms with Crippen molar-refractivity contribution >= 4 is 75.3 Å². The normalized spacial score (nSPS) is 14.2. The molecule has 0 aliphatic carbocycles. The predicted molar refractivity (Wildman–Crippen MR) is 143 cm³/mol. The standard InChI is InChI=1S/C25H17Cl3INO4/c1-2-32-22-11-15(9-20(28)23(22)33-13-14-4-3-5-16(26)8-14)10-21-25(31)34-24(30-21)18-12-17(29)6-7-19(18)27/h3-12H,2,13H2,1H3/b21-10-. The number of rotatable bonds is 7. The Balaban J connectivity index is 1.63. The average molecular weight is 629 g/mol. The third-order valence-corrected chi connectivity index (χ3v) is 6.20. The van der Waals surface area contributed by atoms with E-state index in [4.69, 9.17) is 49.0 Å². The fourth-order valence-electron chi connectivity index (χ4n) is 3.20. The molecule has 1 aliphatic rings. The van der Waals surface area contributed by atoms with Crippen molar-refractivity contribution in [3.05, 3.63) is 95.6 Å². The Morgan fingerprint density at radius 3 is 2.62 bits per heavy atom. The molecule has 0 N–H and O–H groups in total. The summed E-state index contributed by atoms with van der Waals surface area (Å²) in [5, 5.41) is 1.39. The molecule has 0 spiro atoms. The summed E-state index contributed by atoms with van der Waals surface area (Å²) in [5.41, 5.74) is 2.16. The molecule has 1 heterocycles. The summed E-state index contributed by atoms with van der Waals surface area (Å²) in [6.45, 7) is 2.52. The van der Waals surface area contributed by atoms with Gasteiger partial charge in [0, 0.05) is 8.59 Å². The number of aliphatic imine (C=N–C) groups is 1. The lowest BCUT2D eigenvalue weighted by atomic mass is 10.1. The second-order valence-electron chi connectivity index (χ2n) is 7.14. The maximum atomic E-state index is 12.5. The minimum Gasteiger partial charge on any atom is -0.490 e. The molecule has 0 radical (unpaired) electrons. The van der Waals surface area contributed by atoms with Crippen LogP contribution < -0.4 is 9.47 Å². The summed E-state index contributed by atoms with van der Waals surface area (Å²) >= 11 is 21.0. The molecule has 0 saturated carbocycles. The third kappa shape index (κ3) is 5.86. The van der Waals surface area contributed by atoms with Crippen LogP contribution in [0.1, 0.15) is 23.6 Å². The minimum atomic E-state index is -0.583. The van der Waals surface area contributed by atoms with Gasteiger partial charge in [0.1, 0.15) is 6.61 Å². The Kier molecular flexibility index (Phi) is 8.03. The first-order valence-electron chi connectivity index (χ1n) is 10.2. The van der Waals surface area contributed by atoms with Crippen molar-refractivity contribution in [2.45, 2.75) is 13.5 Å². The fourth-order valence-corrected chi connectivity index (χ4v) is 4.38. The van der Waals surface area contributed by atoms with Gasteiger partial charge in [0.15, 0.2) is 17.2 Å². The number of ether oxygens (including phenoxy) is 3. The molecule has 4 rings (SSSR count). The molecule has 34 heavy (non-hydrogen) atoms. The molecule has 0 saturated heterocycles. The fraction of sp³-hybridized carbons (Fsp3) is 0.120. The van der Waals surface area contributed by atoms with E-state index in [9.17, 15) is 4.79 Å². The van der Waals surface area contributed by atoms with E-state index in [1.165, 1.54) is 0 Å². The molecule has 3 aromatic rings. The van der Waals surface area contributed by atoms with E-state index in [1.54, 1.807) is 36.4 Å². The Bertz CT molecular complexity index is 1320. The van der Waals surface area contributed by atoms with Crippen LogP contribution in [-0.2, 0) is 16.1 Å². The van der Waals surface area contributed by atoms with Gasteiger partial charge in [-0.3, -0.25) is 0 Å². The zero-order valence-corrected chi connectivity index (χ0v) is 22.2. The smallest absolute Gasteiger partial charge is 0.363 e. The summed E-state index contributed by atoms with van der Waals surface area (Å²) in [6.07, 6.45) is 1.58. The van der Waals surface area contributed by atoms with Crippen molar-refractivity contribution < 1.29 is 19.0 Å². The summed E-state index contributed by atoms with van der Waals surface area (Å²) in [5.74, 6) is 0.409. The molecular formula is C25H17Cl3INO4. The quantitative estimate of drug-likeness (QED) is 0.154. The summed E-state index contributed by atoms with van der Waals surface area (Å²) in [6, 6.07) is 16.1. The van der Waals surface area contributed by atoms with Gasteiger partial charge in [-0.05, 0) is 89.2 Å². The Labute approximate surface area is 225 Å². The van der Waals surface area contributed by atoms with E-state index < -0.39 is 5.97 Å². The van der Waals surface area contributed by atoms with Gasteiger partial charge >= 0.3 is 5.97 Å². The molecule has 9 heteroatoms. The van der Waals surface area contributed by atoms with Crippen LogP contribution in [0.3, 0.4) is 0 Å². The largest absolute Gasteiger partial charge is 0.490 e. The van der Waals surface area contributed by atoms with Crippen molar-refractivity contribution in [1.29, 1.82) is 0 Å². The van der Waals surface area contributed by atoms with Crippen LogP contribution in [-0.4, -0.2) is 18.5 Å². The summed E-state index contributed by atoms with van der Waals surface area (Å²) < 4.78 is 18.0. The molecule has 0 unspecified atom stereocenters. The number of halogens is 4. The molecule has 0 bridgehead atoms. The van der Waals surface area contributed by atoms with Crippen molar-refractivity contribution in [2.75, 3.05) is 6.61 Å². The second-order valence-corrected chi connectivity index (χ2v) is 9.64. The molecule has 1 aliphatic heterocycles. The van der Waals surface area contributed by atoms with Crippen LogP contribution >= 0.6 is 57.4 Å². The molecule has 0 atom stereocenters. The van der Waals surface area contributed by atoms with E-state index in [0.717, 1.165) is 9.13 Å². The Morgan fingerprint density at radius 2 is 1.85 bits per heavy atom. The molecular weight excluding hydrogens is 612 g/mol. The second kappa shape index (κ2) is 11.0. The molecule has 0 amide bonds. The van der Waals surface area contributed by atoms with Crippen LogP contribution in [0.25, 0.3) is 6.08 Å². The van der Waals surface area contributed by atoms with E-state index in [1.807, 2.05) is 31.2 Å². The van der Waals surface area contributed by atoms with Gasteiger partial charge in [0.05, 0.1) is 22.2 Å². The maximum Gasteiger partial charge on any atom is 0.363 e. The molecule has 0 aromatic heterocycles.